The lowest BCUT2D eigenvalue weighted by Gasteiger charge is -2.49. The first-order valence-corrected chi connectivity index (χ1v) is 9.89. The van der Waals surface area contributed by atoms with Crippen molar-refractivity contribution in [2.75, 3.05) is 26.9 Å². The third-order valence-corrected chi connectivity index (χ3v) is 5.39. The quantitative estimate of drug-likeness (QED) is 0.408. The van der Waals surface area contributed by atoms with Crippen molar-refractivity contribution in [1.82, 2.24) is 15.5 Å². The number of carbonyl (C=O) groups is 1. The summed E-state index contributed by atoms with van der Waals surface area (Å²) >= 11 is 0. The third-order valence-electron chi connectivity index (χ3n) is 5.39. The van der Waals surface area contributed by atoms with Crippen LogP contribution in [0.1, 0.15) is 25.3 Å². The van der Waals surface area contributed by atoms with Gasteiger partial charge in [0.15, 0.2) is 5.57 Å². The fraction of sp³-hybridized carbons (Fsp3) is 0.524. The Balaban J connectivity index is 1.70. The largest absolute Gasteiger partial charge is 0.462 e. The van der Waals surface area contributed by atoms with E-state index in [0.29, 0.717) is 19.0 Å². The van der Waals surface area contributed by atoms with Crippen molar-refractivity contribution in [3.8, 4) is 6.07 Å². The molecule has 0 amide bonds. The van der Waals surface area contributed by atoms with Crippen LogP contribution in [-0.4, -0.2) is 55.9 Å². The predicted molar refractivity (Wildman–Crippen MR) is 105 cm³/mol. The van der Waals surface area contributed by atoms with Gasteiger partial charge in [-0.3, -0.25) is 4.90 Å². The number of nitrogens with zero attached hydrogens (tertiary/aromatic N) is 2. The van der Waals surface area contributed by atoms with E-state index >= 15 is 0 Å². The van der Waals surface area contributed by atoms with Crippen LogP contribution in [0.25, 0.3) is 0 Å². The highest BCUT2D eigenvalue weighted by molar-refractivity contribution is 5.93. The zero-order chi connectivity index (χ0) is 20.8. The number of rotatable bonds is 7. The molecule has 1 aromatic carbocycles. The molecule has 0 aliphatic carbocycles. The van der Waals surface area contributed by atoms with E-state index in [9.17, 15) is 14.4 Å². The molecule has 29 heavy (non-hydrogen) atoms. The molecule has 2 heterocycles. The number of morpholine rings is 1. The van der Waals surface area contributed by atoms with Gasteiger partial charge in [0, 0.05) is 31.7 Å². The minimum Gasteiger partial charge on any atom is -0.462 e. The highest BCUT2D eigenvalue weighted by Gasteiger charge is 2.39. The number of carbonyl (C=O) groups excluding carboxylic acids is 1. The second-order valence-corrected chi connectivity index (χ2v) is 7.29. The van der Waals surface area contributed by atoms with E-state index in [-0.39, 0.29) is 36.1 Å². The monoisotopic (exact) mass is 402 g/mol. The molecule has 2 unspecified atom stereocenters. The Morgan fingerprint density at radius 2 is 1.97 bits per heavy atom. The van der Waals surface area contributed by atoms with E-state index in [0.717, 1.165) is 24.9 Å². The maximum absolute atomic E-state index is 13.2. The van der Waals surface area contributed by atoms with E-state index < -0.39 is 5.97 Å². The van der Waals surface area contributed by atoms with Gasteiger partial charge in [0.05, 0.1) is 19.8 Å². The average Bonchev–Trinajstić information content (AvgIpc) is 2.70. The van der Waals surface area contributed by atoms with Crippen LogP contribution >= 0.6 is 0 Å². The van der Waals surface area contributed by atoms with Crippen LogP contribution in [0.5, 0.6) is 0 Å². The second-order valence-electron chi connectivity index (χ2n) is 7.29. The fourth-order valence-corrected chi connectivity index (χ4v) is 4.05. The van der Waals surface area contributed by atoms with Crippen LogP contribution in [0.3, 0.4) is 0 Å². The van der Waals surface area contributed by atoms with E-state index in [1.54, 1.807) is 14.0 Å². The predicted octanol–water partition coefficient (Wildman–Crippen LogP) is 1.66. The summed E-state index contributed by atoms with van der Waals surface area (Å²) in [5.74, 6) is -0.479. The smallest absolute Gasteiger partial charge is 0.352 e. The van der Waals surface area contributed by atoms with Crippen molar-refractivity contribution in [2.45, 2.75) is 44.4 Å². The summed E-state index contributed by atoms with van der Waals surface area (Å²) in [6.45, 7) is 3.91. The number of hydrogen-bond donors (Lipinski definition) is 2. The Kier molecular flexibility index (Phi) is 7.07. The fourth-order valence-electron chi connectivity index (χ4n) is 4.05. The van der Waals surface area contributed by atoms with Crippen LogP contribution < -0.4 is 10.6 Å². The van der Waals surface area contributed by atoms with Crippen molar-refractivity contribution in [2.24, 2.45) is 0 Å². The number of nitriles is 1. The van der Waals surface area contributed by atoms with E-state index in [1.807, 2.05) is 18.2 Å². The number of nitrogens with one attached hydrogen (secondary N) is 2. The van der Waals surface area contributed by atoms with Gasteiger partial charge in [-0.25, -0.2) is 9.18 Å². The molecule has 0 radical (unpaired) electrons. The summed E-state index contributed by atoms with van der Waals surface area (Å²) in [6.07, 6.45) is 1.62. The van der Waals surface area contributed by atoms with Crippen LogP contribution in [0, 0.1) is 17.1 Å². The summed E-state index contributed by atoms with van der Waals surface area (Å²) < 4.78 is 23.9. The van der Waals surface area contributed by atoms with E-state index in [4.69, 9.17) is 9.47 Å². The first kappa shape index (κ1) is 21.1. The molecule has 2 aliphatic heterocycles. The molecular formula is C21H27FN4O3. The molecule has 2 fully saturated rings. The van der Waals surface area contributed by atoms with Gasteiger partial charge >= 0.3 is 5.97 Å². The van der Waals surface area contributed by atoms with Gasteiger partial charge in [0.2, 0.25) is 0 Å². The van der Waals surface area contributed by atoms with Gasteiger partial charge in [0.25, 0.3) is 0 Å². The normalized spacial score (nSPS) is 24.8. The van der Waals surface area contributed by atoms with Gasteiger partial charge in [-0.05, 0) is 37.5 Å². The zero-order valence-corrected chi connectivity index (χ0v) is 16.8. The zero-order valence-electron chi connectivity index (χ0n) is 16.8. The molecule has 2 N–H and O–H groups in total. The Morgan fingerprint density at radius 3 is 2.52 bits per heavy atom. The topological polar surface area (TPSA) is 86.6 Å². The van der Waals surface area contributed by atoms with Gasteiger partial charge in [0.1, 0.15) is 17.7 Å². The number of hydrogen-bond acceptors (Lipinski definition) is 7. The number of benzene rings is 1. The molecule has 2 saturated heterocycles. The van der Waals surface area contributed by atoms with Crippen LogP contribution in [0.4, 0.5) is 4.39 Å². The maximum atomic E-state index is 13.2. The number of ether oxygens (including phenoxy) is 2. The minimum absolute atomic E-state index is 0.0514. The molecule has 0 saturated carbocycles. The van der Waals surface area contributed by atoms with E-state index in [1.165, 1.54) is 12.1 Å². The Labute approximate surface area is 170 Å². The van der Waals surface area contributed by atoms with Crippen LogP contribution in [0.2, 0.25) is 0 Å². The van der Waals surface area contributed by atoms with Crippen molar-refractivity contribution in [1.29, 1.82) is 5.26 Å². The minimum atomic E-state index is -0.635. The number of fused-ring (bicyclic) bond motifs is 2. The highest BCUT2D eigenvalue weighted by Crippen LogP contribution is 2.30. The van der Waals surface area contributed by atoms with Crippen molar-refractivity contribution < 1.29 is 18.7 Å². The number of piperidine rings is 1. The van der Waals surface area contributed by atoms with Gasteiger partial charge in [-0.2, -0.15) is 5.26 Å². The summed E-state index contributed by atoms with van der Waals surface area (Å²) in [5.41, 5.74) is 1.02. The highest BCUT2D eigenvalue weighted by atomic mass is 19.1. The average molecular weight is 402 g/mol. The van der Waals surface area contributed by atoms with Crippen LogP contribution in [0.15, 0.2) is 35.7 Å². The number of esters is 1. The number of halogens is 1. The molecule has 2 bridgehead atoms. The lowest BCUT2D eigenvalue weighted by molar-refractivity contribution is -0.138. The molecule has 1 aromatic rings. The molecule has 7 nitrogen and oxygen atoms in total. The Bertz CT molecular complexity index is 776. The standard InChI is InChI=1S/C21H27FN4O3/c1-3-29-21(27)19(10-23)20(24-2)25-16-8-17-12-28-13-18(9-16)26(17)11-14-4-6-15(22)7-5-14/h4-7,16-18,24-25H,3,8-9,11-13H2,1-2H3/b20-19+. The molecule has 156 valence electrons. The molecule has 2 atom stereocenters. The maximum Gasteiger partial charge on any atom is 0.352 e. The lowest BCUT2D eigenvalue weighted by atomic mass is 9.89. The molecule has 0 spiro atoms. The molecule has 8 heteroatoms. The summed E-state index contributed by atoms with van der Waals surface area (Å²) in [6, 6.07) is 9.05. The van der Waals surface area contributed by atoms with Crippen molar-refractivity contribution in [3.05, 3.63) is 47.0 Å². The molecule has 2 aliphatic rings. The van der Waals surface area contributed by atoms with Crippen molar-refractivity contribution >= 4 is 5.97 Å². The van der Waals surface area contributed by atoms with Crippen molar-refractivity contribution in [3.63, 3.8) is 0 Å². The first-order valence-electron chi connectivity index (χ1n) is 9.89. The first-order chi connectivity index (χ1) is 14.0. The van der Waals surface area contributed by atoms with E-state index in [2.05, 4.69) is 15.5 Å². The van der Waals surface area contributed by atoms with Gasteiger partial charge in [-0.15, -0.1) is 0 Å². The lowest BCUT2D eigenvalue weighted by Crippen LogP contribution is -2.60. The molecule has 0 aromatic heterocycles. The Hall–Kier alpha value is -2.63. The Morgan fingerprint density at radius 1 is 1.31 bits per heavy atom. The second kappa shape index (κ2) is 9.72. The van der Waals surface area contributed by atoms with Gasteiger partial charge < -0.3 is 20.1 Å². The molecular weight excluding hydrogens is 375 g/mol. The SMILES string of the molecule is CCOC(=O)/C(C#N)=C(\NC)NC1CC2COCC(C1)N2Cc1ccc(F)cc1. The summed E-state index contributed by atoms with van der Waals surface area (Å²) in [4.78, 5) is 14.5. The van der Waals surface area contributed by atoms with Crippen LogP contribution in [-0.2, 0) is 20.8 Å². The molecule has 3 rings (SSSR count). The van der Waals surface area contributed by atoms with Gasteiger partial charge in [-0.1, -0.05) is 12.1 Å². The summed E-state index contributed by atoms with van der Waals surface area (Å²) in [5, 5.41) is 15.7. The summed E-state index contributed by atoms with van der Waals surface area (Å²) in [7, 11) is 1.67. The third kappa shape index (κ3) is 5.05.